The van der Waals surface area contributed by atoms with E-state index in [1.165, 1.54) is 12.1 Å². The van der Waals surface area contributed by atoms with Crippen LogP contribution in [0.15, 0.2) is 72.9 Å². The van der Waals surface area contributed by atoms with Crippen LogP contribution in [0, 0.1) is 5.82 Å². The molecule has 0 aliphatic rings. The van der Waals surface area contributed by atoms with Gasteiger partial charge in [0.2, 0.25) is 0 Å². The van der Waals surface area contributed by atoms with Crippen molar-refractivity contribution in [2.24, 2.45) is 0 Å². The van der Waals surface area contributed by atoms with E-state index in [0.717, 1.165) is 16.8 Å². The van der Waals surface area contributed by atoms with Crippen molar-refractivity contribution in [3.05, 3.63) is 95.6 Å². The molecule has 2 aromatic carbocycles. The Balaban J connectivity index is 1.60. The molecule has 0 radical (unpaired) electrons. The van der Waals surface area contributed by atoms with Crippen LogP contribution >= 0.6 is 0 Å². The number of urea groups is 1. The van der Waals surface area contributed by atoms with Crippen LogP contribution in [0.5, 0.6) is 0 Å². The Labute approximate surface area is 181 Å². The van der Waals surface area contributed by atoms with E-state index in [-0.39, 0.29) is 30.8 Å². The first kappa shape index (κ1) is 22.1. The lowest BCUT2D eigenvalue weighted by Gasteiger charge is -2.19. The van der Waals surface area contributed by atoms with E-state index in [4.69, 9.17) is 4.74 Å². The average Bonchev–Trinajstić information content (AvgIpc) is 3.21. The van der Waals surface area contributed by atoms with Crippen LogP contribution in [0.3, 0.4) is 0 Å². The highest BCUT2D eigenvalue weighted by Crippen LogP contribution is 2.17. The van der Waals surface area contributed by atoms with Crippen LogP contribution in [0.25, 0.3) is 0 Å². The van der Waals surface area contributed by atoms with E-state index in [2.05, 4.69) is 10.6 Å². The number of carbonyl (C=O) groups is 2. The number of nitrogens with one attached hydrogen (secondary N) is 2. The molecule has 1 atom stereocenters. The Hall–Kier alpha value is -3.61. The number of rotatable bonds is 9. The number of hydrogen-bond acceptors (Lipinski definition) is 3. The highest BCUT2D eigenvalue weighted by atomic mass is 19.1. The fourth-order valence-corrected chi connectivity index (χ4v) is 3.25. The van der Waals surface area contributed by atoms with E-state index >= 15 is 0 Å². The van der Waals surface area contributed by atoms with E-state index in [0.29, 0.717) is 13.1 Å². The zero-order valence-electron chi connectivity index (χ0n) is 17.4. The van der Waals surface area contributed by atoms with Gasteiger partial charge in [0.1, 0.15) is 5.82 Å². The largest absolute Gasteiger partial charge is 0.466 e. The minimum atomic E-state index is -0.494. The van der Waals surface area contributed by atoms with E-state index in [1.807, 2.05) is 53.2 Å². The number of amides is 2. The predicted molar refractivity (Wildman–Crippen MR) is 116 cm³/mol. The Morgan fingerprint density at radius 1 is 1.03 bits per heavy atom. The predicted octanol–water partition coefficient (Wildman–Crippen LogP) is 4.17. The topological polar surface area (TPSA) is 72.4 Å². The molecule has 0 saturated heterocycles. The normalized spacial score (nSPS) is 11.5. The van der Waals surface area contributed by atoms with Gasteiger partial charge in [-0.15, -0.1) is 0 Å². The van der Waals surface area contributed by atoms with Crippen molar-refractivity contribution >= 4 is 12.0 Å². The fraction of sp³-hybridized carbons (Fsp3) is 0.250. The van der Waals surface area contributed by atoms with Gasteiger partial charge in [-0.25, -0.2) is 9.18 Å². The summed E-state index contributed by atoms with van der Waals surface area (Å²) in [4.78, 5) is 24.5. The standard InChI is InChI=1S/C24H26FN3O3/c1-2-31-23(29)15-22(19-7-4-3-5-8-19)27-24(30)26-16-21-9-6-14-28(21)17-18-10-12-20(25)13-11-18/h3-14,22H,2,15-17H2,1H3,(H2,26,27,30)/t22-/m0/s1. The second-order valence-electron chi connectivity index (χ2n) is 7.05. The molecule has 1 aromatic heterocycles. The lowest BCUT2D eigenvalue weighted by atomic mass is 10.0. The first-order chi connectivity index (χ1) is 15.0. The number of ether oxygens (including phenoxy) is 1. The molecule has 0 bridgehead atoms. The third-order valence-corrected chi connectivity index (χ3v) is 4.80. The molecule has 6 nitrogen and oxygen atoms in total. The average molecular weight is 423 g/mol. The van der Waals surface area contributed by atoms with Crippen LogP contribution < -0.4 is 10.6 Å². The van der Waals surface area contributed by atoms with Crippen molar-refractivity contribution in [1.82, 2.24) is 15.2 Å². The van der Waals surface area contributed by atoms with Gasteiger partial charge in [-0.2, -0.15) is 0 Å². The van der Waals surface area contributed by atoms with Gasteiger partial charge in [-0.05, 0) is 42.3 Å². The zero-order valence-corrected chi connectivity index (χ0v) is 17.4. The SMILES string of the molecule is CCOC(=O)C[C@H](NC(=O)NCc1cccn1Cc1ccc(F)cc1)c1ccccc1. The summed E-state index contributed by atoms with van der Waals surface area (Å²) in [6.07, 6.45) is 1.96. The second kappa shape index (κ2) is 11.0. The third kappa shape index (κ3) is 6.70. The Kier molecular flexibility index (Phi) is 7.81. The molecule has 0 fully saturated rings. The van der Waals surface area contributed by atoms with E-state index < -0.39 is 6.04 Å². The molecule has 7 heteroatoms. The van der Waals surface area contributed by atoms with Gasteiger partial charge in [0.05, 0.1) is 25.6 Å². The zero-order chi connectivity index (χ0) is 22.1. The fourth-order valence-electron chi connectivity index (χ4n) is 3.25. The summed E-state index contributed by atoms with van der Waals surface area (Å²) in [5.41, 5.74) is 2.69. The van der Waals surface area contributed by atoms with Crippen molar-refractivity contribution in [3.63, 3.8) is 0 Å². The molecular weight excluding hydrogens is 397 g/mol. The molecular formula is C24H26FN3O3. The summed E-state index contributed by atoms with van der Waals surface area (Å²) in [7, 11) is 0. The highest BCUT2D eigenvalue weighted by Gasteiger charge is 2.19. The Bertz CT molecular complexity index is 987. The molecule has 3 rings (SSSR count). The minimum absolute atomic E-state index is 0.0478. The highest BCUT2D eigenvalue weighted by molar-refractivity contribution is 5.76. The number of benzene rings is 2. The molecule has 3 aromatic rings. The first-order valence-electron chi connectivity index (χ1n) is 10.2. The maximum atomic E-state index is 13.1. The summed E-state index contributed by atoms with van der Waals surface area (Å²) in [6, 6.07) is 18.6. The second-order valence-corrected chi connectivity index (χ2v) is 7.05. The van der Waals surface area contributed by atoms with Gasteiger partial charge in [-0.3, -0.25) is 4.79 Å². The summed E-state index contributed by atoms with van der Waals surface area (Å²) in [5.74, 6) is -0.643. The van der Waals surface area contributed by atoms with E-state index in [9.17, 15) is 14.0 Å². The van der Waals surface area contributed by atoms with Gasteiger partial charge in [0.15, 0.2) is 0 Å². The van der Waals surface area contributed by atoms with Crippen molar-refractivity contribution in [3.8, 4) is 0 Å². The summed E-state index contributed by atoms with van der Waals surface area (Å²) >= 11 is 0. The van der Waals surface area contributed by atoms with Crippen LogP contribution in [-0.2, 0) is 22.6 Å². The number of carbonyl (C=O) groups excluding carboxylic acids is 2. The Morgan fingerprint density at radius 3 is 2.48 bits per heavy atom. The number of hydrogen-bond donors (Lipinski definition) is 2. The summed E-state index contributed by atoms with van der Waals surface area (Å²) < 4.78 is 20.1. The van der Waals surface area contributed by atoms with Crippen molar-refractivity contribution in [2.45, 2.75) is 32.5 Å². The first-order valence-corrected chi connectivity index (χ1v) is 10.2. The van der Waals surface area contributed by atoms with Gasteiger partial charge in [0, 0.05) is 18.4 Å². The molecule has 0 spiro atoms. The molecule has 0 aliphatic carbocycles. The number of esters is 1. The van der Waals surface area contributed by atoms with E-state index in [1.54, 1.807) is 19.1 Å². The molecule has 2 amide bonds. The molecule has 31 heavy (non-hydrogen) atoms. The number of nitrogens with zero attached hydrogens (tertiary/aromatic N) is 1. The van der Waals surface area contributed by atoms with Crippen molar-refractivity contribution < 1.29 is 18.7 Å². The van der Waals surface area contributed by atoms with Crippen LogP contribution in [0.4, 0.5) is 9.18 Å². The molecule has 0 unspecified atom stereocenters. The van der Waals surface area contributed by atoms with Gasteiger partial charge in [0.25, 0.3) is 0 Å². The van der Waals surface area contributed by atoms with Gasteiger partial charge in [-0.1, -0.05) is 42.5 Å². The summed E-state index contributed by atoms with van der Waals surface area (Å²) in [5, 5.41) is 5.70. The lowest BCUT2D eigenvalue weighted by molar-refractivity contribution is -0.143. The number of aromatic nitrogens is 1. The quantitative estimate of drug-likeness (QED) is 0.508. The molecule has 0 saturated carbocycles. The maximum Gasteiger partial charge on any atom is 0.315 e. The van der Waals surface area contributed by atoms with Gasteiger partial charge >= 0.3 is 12.0 Å². The molecule has 0 aliphatic heterocycles. The minimum Gasteiger partial charge on any atom is -0.466 e. The van der Waals surface area contributed by atoms with Crippen molar-refractivity contribution in [2.75, 3.05) is 6.61 Å². The smallest absolute Gasteiger partial charge is 0.315 e. The van der Waals surface area contributed by atoms with Gasteiger partial charge < -0.3 is 19.9 Å². The Morgan fingerprint density at radius 2 is 1.77 bits per heavy atom. The maximum absolute atomic E-state index is 13.1. The number of halogens is 1. The van der Waals surface area contributed by atoms with Crippen LogP contribution in [0.1, 0.15) is 36.2 Å². The summed E-state index contributed by atoms with van der Waals surface area (Å²) in [6.45, 7) is 2.91. The molecule has 1 heterocycles. The van der Waals surface area contributed by atoms with Crippen LogP contribution in [-0.4, -0.2) is 23.2 Å². The molecule has 2 N–H and O–H groups in total. The third-order valence-electron chi connectivity index (χ3n) is 4.80. The lowest BCUT2D eigenvalue weighted by Crippen LogP contribution is -2.38. The van der Waals surface area contributed by atoms with Crippen LogP contribution in [0.2, 0.25) is 0 Å². The van der Waals surface area contributed by atoms with Crippen molar-refractivity contribution in [1.29, 1.82) is 0 Å². The monoisotopic (exact) mass is 423 g/mol. The molecule has 162 valence electrons.